The topological polar surface area (TPSA) is 64.4 Å². The molecule has 17 heavy (non-hydrogen) atoms. The first kappa shape index (κ1) is 12.8. The summed E-state index contributed by atoms with van der Waals surface area (Å²) >= 11 is 0. The van der Waals surface area contributed by atoms with E-state index >= 15 is 0 Å². The lowest BCUT2D eigenvalue weighted by atomic mass is 9.75. The summed E-state index contributed by atoms with van der Waals surface area (Å²) in [7, 11) is 0. The van der Waals surface area contributed by atoms with Gasteiger partial charge in [-0.05, 0) is 44.9 Å². The van der Waals surface area contributed by atoms with Crippen LogP contribution in [-0.4, -0.2) is 30.7 Å². The van der Waals surface area contributed by atoms with E-state index in [9.17, 15) is 4.79 Å². The highest BCUT2D eigenvalue weighted by Crippen LogP contribution is 2.31. The van der Waals surface area contributed by atoms with Crippen LogP contribution in [0.3, 0.4) is 0 Å². The second-order valence-corrected chi connectivity index (χ2v) is 5.52. The summed E-state index contributed by atoms with van der Waals surface area (Å²) in [6.07, 6.45) is 8.49. The zero-order valence-electron chi connectivity index (χ0n) is 10.5. The second kappa shape index (κ2) is 5.83. The third-order valence-corrected chi connectivity index (χ3v) is 3.92. The highest BCUT2D eigenvalue weighted by atomic mass is 16.5. The summed E-state index contributed by atoms with van der Waals surface area (Å²) in [5.41, 5.74) is 5.83. The van der Waals surface area contributed by atoms with E-state index in [2.05, 4.69) is 5.32 Å². The van der Waals surface area contributed by atoms with Gasteiger partial charge in [0.05, 0.1) is 6.10 Å². The van der Waals surface area contributed by atoms with Crippen molar-refractivity contribution >= 4 is 5.91 Å². The number of amides is 1. The van der Waals surface area contributed by atoms with Crippen molar-refractivity contribution in [1.82, 2.24) is 5.32 Å². The Morgan fingerprint density at radius 2 is 2.18 bits per heavy atom. The van der Waals surface area contributed by atoms with Gasteiger partial charge >= 0.3 is 0 Å². The molecule has 4 heteroatoms. The standard InChI is InChI=1S/C13H24N2O2/c14-13(6-3-7-13)10-12(16)15-8-5-11-4-1-2-9-17-11/h11H,1-10,14H2,(H,15,16). The molecule has 1 heterocycles. The number of hydrogen-bond acceptors (Lipinski definition) is 3. The Kier molecular flexibility index (Phi) is 4.40. The number of nitrogens with two attached hydrogens (primary N) is 1. The van der Waals surface area contributed by atoms with Gasteiger partial charge in [-0.2, -0.15) is 0 Å². The summed E-state index contributed by atoms with van der Waals surface area (Å²) in [5.74, 6) is 0.100. The molecule has 98 valence electrons. The van der Waals surface area contributed by atoms with Gasteiger partial charge in [0.1, 0.15) is 0 Å². The fraction of sp³-hybridized carbons (Fsp3) is 0.923. The molecule has 2 aliphatic rings. The third kappa shape index (κ3) is 3.96. The maximum absolute atomic E-state index is 11.7. The molecule has 0 aromatic rings. The van der Waals surface area contributed by atoms with Gasteiger partial charge in [0.2, 0.25) is 5.91 Å². The SMILES string of the molecule is NC1(CC(=O)NCCC2CCCCO2)CCC1. The average Bonchev–Trinajstić information content (AvgIpc) is 2.28. The maximum Gasteiger partial charge on any atom is 0.221 e. The van der Waals surface area contributed by atoms with Gasteiger partial charge in [-0.15, -0.1) is 0 Å². The van der Waals surface area contributed by atoms with Crippen LogP contribution in [0.25, 0.3) is 0 Å². The Labute approximate surface area is 103 Å². The van der Waals surface area contributed by atoms with Gasteiger partial charge in [0.15, 0.2) is 0 Å². The number of carbonyl (C=O) groups excluding carboxylic acids is 1. The van der Waals surface area contributed by atoms with Crippen LogP contribution in [0.4, 0.5) is 0 Å². The Morgan fingerprint density at radius 3 is 2.76 bits per heavy atom. The molecule has 0 aromatic carbocycles. The molecule has 0 spiro atoms. The zero-order chi connectivity index (χ0) is 12.1. The van der Waals surface area contributed by atoms with Crippen molar-refractivity contribution in [3.05, 3.63) is 0 Å². The molecule has 1 aliphatic heterocycles. The lowest BCUT2D eigenvalue weighted by molar-refractivity contribution is -0.123. The normalized spacial score (nSPS) is 27.2. The van der Waals surface area contributed by atoms with E-state index in [4.69, 9.17) is 10.5 Å². The highest BCUT2D eigenvalue weighted by Gasteiger charge is 2.34. The van der Waals surface area contributed by atoms with E-state index in [0.29, 0.717) is 12.5 Å². The molecule has 0 bridgehead atoms. The molecule has 0 radical (unpaired) electrons. The minimum atomic E-state index is -0.203. The average molecular weight is 240 g/mol. The number of ether oxygens (including phenoxy) is 1. The summed E-state index contributed by atoms with van der Waals surface area (Å²) in [6.45, 7) is 1.60. The van der Waals surface area contributed by atoms with Crippen LogP contribution < -0.4 is 11.1 Å². The number of carbonyl (C=O) groups is 1. The molecule has 1 saturated carbocycles. The number of hydrogen-bond donors (Lipinski definition) is 2. The van der Waals surface area contributed by atoms with E-state index < -0.39 is 0 Å². The predicted molar refractivity (Wildman–Crippen MR) is 66.6 cm³/mol. The first-order chi connectivity index (χ1) is 8.18. The molecule has 1 unspecified atom stereocenters. The summed E-state index contributed by atoms with van der Waals surface area (Å²) < 4.78 is 5.62. The lowest BCUT2D eigenvalue weighted by Gasteiger charge is -2.37. The van der Waals surface area contributed by atoms with E-state index in [0.717, 1.165) is 38.8 Å². The van der Waals surface area contributed by atoms with Gasteiger partial charge in [-0.1, -0.05) is 0 Å². The molecule has 3 N–H and O–H groups in total. The van der Waals surface area contributed by atoms with Crippen molar-refractivity contribution in [2.45, 2.75) is 63.0 Å². The van der Waals surface area contributed by atoms with E-state index in [-0.39, 0.29) is 11.4 Å². The van der Waals surface area contributed by atoms with Crippen LogP contribution in [-0.2, 0) is 9.53 Å². The molecule has 1 saturated heterocycles. The Hall–Kier alpha value is -0.610. The van der Waals surface area contributed by atoms with Crippen molar-refractivity contribution < 1.29 is 9.53 Å². The second-order valence-electron chi connectivity index (χ2n) is 5.52. The van der Waals surface area contributed by atoms with Crippen LogP contribution in [0.5, 0.6) is 0 Å². The minimum absolute atomic E-state index is 0.100. The molecule has 2 rings (SSSR count). The highest BCUT2D eigenvalue weighted by molar-refractivity contribution is 5.77. The van der Waals surface area contributed by atoms with Crippen LogP contribution >= 0.6 is 0 Å². The third-order valence-electron chi connectivity index (χ3n) is 3.92. The molecule has 1 amide bonds. The van der Waals surface area contributed by atoms with Gasteiger partial charge in [0.25, 0.3) is 0 Å². The van der Waals surface area contributed by atoms with Crippen molar-refractivity contribution in [3.63, 3.8) is 0 Å². The maximum atomic E-state index is 11.7. The zero-order valence-corrected chi connectivity index (χ0v) is 10.5. The van der Waals surface area contributed by atoms with Crippen LogP contribution in [0.15, 0.2) is 0 Å². The molecular weight excluding hydrogens is 216 g/mol. The van der Waals surface area contributed by atoms with Gasteiger partial charge in [0, 0.05) is 25.1 Å². The van der Waals surface area contributed by atoms with Gasteiger partial charge < -0.3 is 15.8 Å². The van der Waals surface area contributed by atoms with Crippen LogP contribution in [0.1, 0.15) is 51.4 Å². The van der Waals surface area contributed by atoms with Crippen molar-refractivity contribution in [2.24, 2.45) is 5.73 Å². The molecule has 2 fully saturated rings. The number of nitrogens with one attached hydrogen (secondary N) is 1. The fourth-order valence-electron chi connectivity index (χ4n) is 2.60. The van der Waals surface area contributed by atoms with Crippen LogP contribution in [0.2, 0.25) is 0 Å². The Morgan fingerprint density at radius 1 is 1.35 bits per heavy atom. The molecular formula is C13H24N2O2. The fourth-order valence-corrected chi connectivity index (χ4v) is 2.60. The van der Waals surface area contributed by atoms with E-state index in [1.165, 1.54) is 19.3 Å². The van der Waals surface area contributed by atoms with Crippen LogP contribution in [0, 0.1) is 0 Å². The summed E-state index contributed by atoms with van der Waals surface area (Å²) in [5, 5.41) is 2.96. The minimum Gasteiger partial charge on any atom is -0.378 e. The van der Waals surface area contributed by atoms with E-state index in [1.807, 2.05) is 0 Å². The van der Waals surface area contributed by atoms with Crippen molar-refractivity contribution in [1.29, 1.82) is 0 Å². The van der Waals surface area contributed by atoms with Gasteiger partial charge in [-0.3, -0.25) is 4.79 Å². The summed E-state index contributed by atoms with van der Waals surface area (Å²) in [6, 6.07) is 0. The number of rotatable bonds is 5. The first-order valence-corrected chi connectivity index (χ1v) is 6.85. The molecule has 1 aliphatic carbocycles. The van der Waals surface area contributed by atoms with Crippen molar-refractivity contribution in [2.75, 3.05) is 13.2 Å². The lowest BCUT2D eigenvalue weighted by Crippen LogP contribution is -2.50. The predicted octanol–water partition coefficient (Wildman–Crippen LogP) is 1.33. The monoisotopic (exact) mass is 240 g/mol. The summed E-state index contributed by atoms with van der Waals surface area (Å²) in [4.78, 5) is 11.7. The first-order valence-electron chi connectivity index (χ1n) is 6.85. The van der Waals surface area contributed by atoms with Gasteiger partial charge in [-0.25, -0.2) is 0 Å². The molecule has 0 aromatic heterocycles. The van der Waals surface area contributed by atoms with E-state index in [1.54, 1.807) is 0 Å². The smallest absolute Gasteiger partial charge is 0.221 e. The molecule has 4 nitrogen and oxygen atoms in total. The van der Waals surface area contributed by atoms with Crippen molar-refractivity contribution in [3.8, 4) is 0 Å². The Bertz CT molecular complexity index is 258. The quantitative estimate of drug-likeness (QED) is 0.762. The Balaban J connectivity index is 1.56. The largest absolute Gasteiger partial charge is 0.378 e. The molecule has 1 atom stereocenters.